The average Bonchev–Trinajstić information content (AvgIpc) is 2.11. The second-order valence-corrected chi connectivity index (χ2v) is 6.20. The Balaban J connectivity index is 2.91. The van der Waals surface area contributed by atoms with E-state index in [1.165, 1.54) is 0 Å². The number of rotatable bonds is 3. The lowest BCUT2D eigenvalue weighted by Crippen LogP contribution is -2.30. The average molecular weight is 258 g/mol. The summed E-state index contributed by atoms with van der Waals surface area (Å²) in [5.74, 6) is 1.32. The molecule has 0 radical (unpaired) electrons. The molecule has 0 saturated carbocycles. The van der Waals surface area contributed by atoms with Crippen LogP contribution in [0.4, 0.5) is 5.82 Å². The van der Waals surface area contributed by atoms with E-state index < -0.39 is 5.60 Å². The number of halogens is 1. The van der Waals surface area contributed by atoms with Gasteiger partial charge >= 0.3 is 0 Å². The standard InChI is InChI=1S/C12H20ClN3O/c1-11(2,3)10-15-8(13)6-9(16-10)14-7-12(4,5)17/h6,17H,7H2,1-5H3,(H,14,15,16). The highest BCUT2D eigenvalue weighted by Gasteiger charge is 2.19. The number of nitrogens with one attached hydrogen (secondary N) is 1. The summed E-state index contributed by atoms with van der Waals surface area (Å²) in [7, 11) is 0. The van der Waals surface area contributed by atoms with E-state index in [0.717, 1.165) is 0 Å². The van der Waals surface area contributed by atoms with Crippen LogP contribution < -0.4 is 5.32 Å². The fourth-order valence-corrected chi connectivity index (χ4v) is 1.33. The van der Waals surface area contributed by atoms with E-state index >= 15 is 0 Å². The van der Waals surface area contributed by atoms with Crippen LogP contribution in [0.25, 0.3) is 0 Å². The molecule has 0 saturated heterocycles. The molecule has 2 N–H and O–H groups in total. The molecule has 0 aromatic carbocycles. The van der Waals surface area contributed by atoms with Gasteiger partial charge in [0.25, 0.3) is 0 Å². The van der Waals surface area contributed by atoms with Crippen molar-refractivity contribution in [2.24, 2.45) is 0 Å². The van der Waals surface area contributed by atoms with Crippen molar-refractivity contribution in [2.75, 3.05) is 11.9 Å². The van der Waals surface area contributed by atoms with Crippen molar-refractivity contribution in [3.05, 3.63) is 17.0 Å². The van der Waals surface area contributed by atoms with Crippen LogP contribution in [0.1, 0.15) is 40.4 Å². The summed E-state index contributed by atoms with van der Waals surface area (Å²) in [5, 5.41) is 13.1. The molecule has 1 rings (SSSR count). The number of anilines is 1. The van der Waals surface area contributed by atoms with Crippen molar-refractivity contribution < 1.29 is 5.11 Å². The third kappa shape index (κ3) is 4.88. The van der Waals surface area contributed by atoms with Crippen molar-refractivity contribution in [3.63, 3.8) is 0 Å². The molecule has 0 aliphatic rings. The van der Waals surface area contributed by atoms with Crippen molar-refractivity contribution in [1.29, 1.82) is 0 Å². The van der Waals surface area contributed by atoms with Crippen LogP contribution in [-0.4, -0.2) is 27.2 Å². The zero-order chi connectivity index (χ0) is 13.3. The lowest BCUT2D eigenvalue weighted by atomic mass is 9.96. The van der Waals surface area contributed by atoms with Gasteiger partial charge in [-0.2, -0.15) is 0 Å². The fourth-order valence-electron chi connectivity index (χ4n) is 1.15. The Bertz CT molecular complexity index is 394. The lowest BCUT2D eigenvalue weighted by molar-refractivity contribution is 0.0944. The predicted molar refractivity (Wildman–Crippen MR) is 70.5 cm³/mol. The minimum Gasteiger partial charge on any atom is -0.389 e. The minimum absolute atomic E-state index is 0.157. The molecular weight excluding hydrogens is 238 g/mol. The topological polar surface area (TPSA) is 58.0 Å². The molecule has 0 amide bonds. The third-order valence-electron chi connectivity index (χ3n) is 2.07. The summed E-state index contributed by atoms with van der Waals surface area (Å²) in [6.07, 6.45) is 0. The highest BCUT2D eigenvalue weighted by molar-refractivity contribution is 6.29. The SMILES string of the molecule is CC(C)(O)CNc1cc(Cl)nc(C(C)(C)C)n1. The Hall–Kier alpha value is -0.870. The summed E-state index contributed by atoms with van der Waals surface area (Å²) in [6.45, 7) is 9.94. The van der Waals surface area contributed by atoms with Gasteiger partial charge in [-0.15, -0.1) is 0 Å². The summed E-state index contributed by atoms with van der Waals surface area (Å²) >= 11 is 5.95. The molecule has 1 aromatic heterocycles. The third-order valence-corrected chi connectivity index (χ3v) is 2.26. The first-order valence-electron chi connectivity index (χ1n) is 5.59. The van der Waals surface area contributed by atoms with E-state index in [1.54, 1.807) is 19.9 Å². The molecule has 0 unspecified atom stereocenters. The molecule has 0 aliphatic carbocycles. The van der Waals surface area contributed by atoms with Crippen molar-refractivity contribution >= 4 is 17.4 Å². The smallest absolute Gasteiger partial charge is 0.137 e. The summed E-state index contributed by atoms with van der Waals surface area (Å²) in [4.78, 5) is 8.59. The normalized spacial score (nSPS) is 12.6. The van der Waals surface area contributed by atoms with Gasteiger partial charge in [-0.05, 0) is 13.8 Å². The van der Waals surface area contributed by atoms with Crippen molar-refractivity contribution in [1.82, 2.24) is 9.97 Å². The summed E-state index contributed by atoms with van der Waals surface area (Å²) in [5.41, 5.74) is -0.949. The Morgan fingerprint density at radius 2 is 1.82 bits per heavy atom. The molecule has 0 spiro atoms. The van der Waals surface area contributed by atoms with E-state index in [4.69, 9.17) is 11.6 Å². The molecule has 0 aliphatic heterocycles. The first-order chi connectivity index (χ1) is 7.58. The fraction of sp³-hybridized carbons (Fsp3) is 0.667. The van der Waals surface area contributed by atoms with E-state index in [9.17, 15) is 5.11 Å². The van der Waals surface area contributed by atoms with Gasteiger partial charge in [-0.3, -0.25) is 0 Å². The molecular formula is C12H20ClN3O. The van der Waals surface area contributed by atoms with Gasteiger partial charge in [-0.25, -0.2) is 9.97 Å². The first-order valence-corrected chi connectivity index (χ1v) is 5.97. The summed E-state index contributed by atoms with van der Waals surface area (Å²) in [6, 6.07) is 1.66. The number of aromatic nitrogens is 2. The maximum Gasteiger partial charge on any atom is 0.137 e. The molecule has 96 valence electrons. The predicted octanol–water partition coefficient (Wildman–Crippen LogP) is 2.61. The van der Waals surface area contributed by atoms with E-state index in [1.807, 2.05) is 20.8 Å². The number of nitrogens with zero attached hydrogens (tertiary/aromatic N) is 2. The van der Waals surface area contributed by atoms with Crippen LogP contribution in [-0.2, 0) is 5.41 Å². The number of aliphatic hydroxyl groups is 1. The highest BCUT2D eigenvalue weighted by Crippen LogP contribution is 2.22. The second-order valence-electron chi connectivity index (χ2n) is 5.82. The van der Waals surface area contributed by atoms with E-state index in [-0.39, 0.29) is 5.41 Å². The highest BCUT2D eigenvalue weighted by atomic mass is 35.5. The molecule has 0 fully saturated rings. The second kappa shape index (κ2) is 4.78. The van der Waals surface area contributed by atoms with Crippen molar-refractivity contribution in [3.8, 4) is 0 Å². The van der Waals surface area contributed by atoms with Gasteiger partial charge in [-0.1, -0.05) is 32.4 Å². The zero-order valence-corrected chi connectivity index (χ0v) is 11.8. The maximum atomic E-state index is 9.64. The Morgan fingerprint density at radius 1 is 1.24 bits per heavy atom. The van der Waals surface area contributed by atoms with Crippen LogP contribution in [0.15, 0.2) is 6.07 Å². The van der Waals surface area contributed by atoms with Gasteiger partial charge in [0, 0.05) is 18.0 Å². The Kier molecular flexibility index (Phi) is 3.99. The van der Waals surface area contributed by atoms with Crippen molar-refractivity contribution in [2.45, 2.75) is 45.6 Å². The van der Waals surface area contributed by atoms with Crippen LogP contribution >= 0.6 is 11.6 Å². The van der Waals surface area contributed by atoms with Gasteiger partial charge in [0.1, 0.15) is 16.8 Å². The minimum atomic E-state index is -0.792. The monoisotopic (exact) mass is 257 g/mol. The van der Waals surface area contributed by atoms with Crippen LogP contribution in [0.3, 0.4) is 0 Å². The molecule has 1 heterocycles. The van der Waals surface area contributed by atoms with Gasteiger partial charge in [0.2, 0.25) is 0 Å². The van der Waals surface area contributed by atoms with Crippen LogP contribution in [0.5, 0.6) is 0 Å². The number of hydrogen-bond acceptors (Lipinski definition) is 4. The van der Waals surface area contributed by atoms with Gasteiger partial charge in [0.15, 0.2) is 0 Å². The zero-order valence-electron chi connectivity index (χ0n) is 11.0. The van der Waals surface area contributed by atoms with Gasteiger partial charge < -0.3 is 10.4 Å². The first kappa shape index (κ1) is 14.2. The maximum absolute atomic E-state index is 9.64. The van der Waals surface area contributed by atoms with Gasteiger partial charge in [0.05, 0.1) is 5.60 Å². The lowest BCUT2D eigenvalue weighted by Gasteiger charge is -2.20. The van der Waals surface area contributed by atoms with E-state index in [2.05, 4.69) is 15.3 Å². The molecule has 4 nitrogen and oxygen atoms in total. The quantitative estimate of drug-likeness (QED) is 0.818. The Morgan fingerprint density at radius 3 is 2.29 bits per heavy atom. The Labute approximate surface area is 107 Å². The van der Waals surface area contributed by atoms with E-state index in [0.29, 0.717) is 23.3 Å². The van der Waals surface area contributed by atoms with Crippen LogP contribution in [0, 0.1) is 0 Å². The molecule has 5 heteroatoms. The molecule has 0 bridgehead atoms. The molecule has 0 atom stereocenters. The summed E-state index contributed by atoms with van der Waals surface area (Å²) < 4.78 is 0. The molecule has 1 aromatic rings. The number of hydrogen-bond donors (Lipinski definition) is 2. The molecule has 17 heavy (non-hydrogen) atoms. The largest absolute Gasteiger partial charge is 0.389 e. The van der Waals surface area contributed by atoms with Crippen LogP contribution in [0.2, 0.25) is 5.15 Å².